The van der Waals surface area contributed by atoms with Crippen LogP contribution in [0.15, 0.2) is 0 Å². The highest BCUT2D eigenvalue weighted by Gasteiger charge is 2.28. The van der Waals surface area contributed by atoms with Gasteiger partial charge in [-0.15, -0.1) is 0 Å². The molecule has 1 rings (SSSR count). The summed E-state index contributed by atoms with van der Waals surface area (Å²) in [5, 5.41) is 3.14. The standard InChI is InChI=1S/C12H21NO3/c1-3-16-12(15)8-13-11-7-5-4-6-10(11)9(2)14/h10-11,13H,3-8H2,1-2H3. The number of hydrogen-bond donors (Lipinski definition) is 1. The van der Waals surface area contributed by atoms with Crippen LogP contribution in [0.25, 0.3) is 0 Å². The van der Waals surface area contributed by atoms with Gasteiger partial charge in [-0.2, -0.15) is 0 Å². The minimum absolute atomic E-state index is 0.0724. The van der Waals surface area contributed by atoms with E-state index in [1.54, 1.807) is 13.8 Å². The topological polar surface area (TPSA) is 55.4 Å². The molecule has 1 saturated carbocycles. The molecule has 0 amide bonds. The molecule has 2 unspecified atom stereocenters. The van der Waals surface area contributed by atoms with Crippen LogP contribution in [0, 0.1) is 5.92 Å². The van der Waals surface area contributed by atoms with Crippen molar-refractivity contribution >= 4 is 11.8 Å². The summed E-state index contributed by atoms with van der Waals surface area (Å²) in [7, 11) is 0. The summed E-state index contributed by atoms with van der Waals surface area (Å²) in [6.45, 7) is 4.04. The minimum atomic E-state index is -0.240. The van der Waals surface area contributed by atoms with E-state index in [-0.39, 0.29) is 30.3 Å². The van der Waals surface area contributed by atoms with E-state index < -0.39 is 0 Å². The van der Waals surface area contributed by atoms with E-state index in [4.69, 9.17) is 4.74 Å². The van der Waals surface area contributed by atoms with Crippen molar-refractivity contribution in [2.75, 3.05) is 13.2 Å². The first-order valence-corrected chi connectivity index (χ1v) is 6.04. The molecule has 0 radical (unpaired) electrons. The fourth-order valence-corrected chi connectivity index (χ4v) is 2.29. The molecule has 1 aliphatic carbocycles. The zero-order valence-electron chi connectivity index (χ0n) is 10.1. The van der Waals surface area contributed by atoms with E-state index in [2.05, 4.69) is 5.32 Å². The van der Waals surface area contributed by atoms with Gasteiger partial charge in [-0.05, 0) is 26.7 Å². The molecule has 1 aliphatic rings. The predicted octanol–water partition coefficient (Wildman–Crippen LogP) is 1.29. The first kappa shape index (κ1) is 13.2. The van der Waals surface area contributed by atoms with Gasteiger partial charge < -0.3 is 10.1 Å². The summed E-state index contributed by atoms with van der Waals surface area (Å²) in [5.41, 5.74) is 0. The first-order chi connectivity index (χ1) is 7.65. The van der Waals surface area contributed by atoms with Crippen molar-refractivity contribution in [1.29, 1.82) is 0 Å². The van der Waals surface area contributed by atoms with Crippen LogP contribution in [-0.2, 0) is 14.3 Å². The SMILES string of the molecule is CCOC(=O)CNC1CCCCC1C(C)=O. The molecule has 0 saturated heterocycles. The Morgan fingerprint density at radius 1 is 1.31 bits per heavy atom. The van der Waals surface area contributed by atoms with Gasteiger partial charge in [0.15, 0.2) is 0 Å². The van der Waals surface area contributed by atoms with Crippen molar-refractivity contribution in [3.63, 3.8) is 0 Å². The van der Waals surface area contributed by atoms with Crippen LogP contribution in [-0.4, -0.2) is 30.9 Å². The molecule has 1 N–H and O–H groups in total. The van der Waals surface area contributed by atoms with Gasteiger partial charge in [0.25, 0.3) is 0 Å². The number of ether oxygens (including phenoxy) is 1. The number of hydrogen-bond acceptors (Lipinski definition) is 4. The minimum Gasteiger partial charge on any atom is -0.465 e. The second-order valence-corrected chi connectivity index (χ2v) is 4.29. The van der Waals surface area contributed by atoms with Crippen LogP contribution >= 0.6 is 0 Å². The molecule has 0 aromatic rings. The Bertz CT molecular complexity index is 253. The average molecular weight is 227 g/mol. The van der Waals surface area contributed by atoms with Crippen molar-refractivity contribution < 1.29 is 14.3 Å². The molecule has 2 atom stereocenters. The number of carbonyl (C=O) groups excluding carboxylic acids is 2. The second kappa shape index (κ2) is 6.63. The monoisotopic (exact) mass is 227 g/mol. The van der Waals surface area contributed by atoms with Crippen molar-refractivity contribution in [3.8, 4) is 0 Å². The highest BCUT2D eigenvalue weighted by molar-refractivity contribution is 5.79. The Balaban J connectivity index is 2.38. The smallest absolute Gasteiger partial charge is 0.319 e. The normalized spacial score (nSPS) is 25.1. The summed E-state index contributed by atoms with van der Waals surface area (Å²) >= 11 is 0. The fourth-order valence-electron chi connectivity index (χ4n) is 2.29. The molecule has 0 heterocycles. The highest BCUT2D eigenvalue weighted by atomic mass is 16.5. The lowest BCUT2D eigenvalue weighted by atomic mass is 9.82. The maximum absolute atomic E-state index is 11.4. The van der Waals surface area contributed by atoms with E-state index in [9.17, 15) is 9.59 Å². The first-order valence-electron chi connectivity index (χ1n) is 6.04. The number of nitrogens with one attached hydrogen (secondary N) is 1. The molecule has 4 nitrogen and oxygen atoms in total. The Kier molecular flexibility index (Phi) is 5.46. The molecule has 16 heavy (non-hydrogen) atoms. The lowest BCUT2D eigenvalue weighted by Gasteiger charge is -2.30. The number of carbonyl (C=O) groups is 2. The van der Waals surface area contributed by atoms with Gasteiger partial charge in [0.1, 0.15) is 5.78 Å². The number of ketones is 1. The summed E-state index contributed by atoms with van der Waals surface area (Å²) in [6, 6.07) is 0.149. The van der Waals surface area contributed by atoms with Crippen molar-refractivity contribution in [1.82, 2.24) is 5.32 Å². The zero-order chi connectivity index (χ0) is 12.0. The molecule has 0 aliphatic heterocycles. The number of rotatable bonds is 5. The van der Waals surface area contributed by atoms with Gasteiger partial charge in [0.05, 0.1) is 13.2 Å². The fraction of sp³-hybridized carbons (Fsp3) is 0.833. The van der Waals surface area contributed by atoms with Crippen molar-refractivity contribution in [2.45, 2.75) is 45.6 Å². The molecule has 0 aromatic carbocycles. The number of Topliss-reactive ketones (excluding diaryl/α,β-unsaturated/α-hetero) is 1. The lowest BCUT2D eigenvalue weighted by Crippen LogP contribution is -2.44. The van der Waals surface area contributed by atoms with Crippen LogP contribution in [0.3, 0.4) is 0 Å². The van der Waals surface area contributed by atoms with Crippen LogP contribution in [0.4, 0.5) is 0 Å². The zero-order valence-corrected chi connectivity index (χ0v) is 10.1. The van der Waals surface area contributed by atoms with E-state index >= 15 is 0 Å². The van der Waals surface area contributed by atoms with Gasteiger partial charge in [-0.25, -0.2) is 0 Å². The van der Waals surface area contributed by atoms with Gasteiger partial charge in [-0.3, -0.25) is 9.59 Å². The molecule has 92 valence electrons. The third-order valence-corrected chi connectivity index (χ3v) is 3.10. The van der Waals surface area contributed by atoms with Crippen molar-refractivity contribution in [3.05, 3.63) is 0 Å². The summed E-state index contributed by atoms with van der Waals surface area (Å²) < 4.78 is 4.84. The van der Waals surface area contributed by atoms with E-state index in [1.807, 2.05) is 0 Å². The Morgan fingerprint density at radius 2 is 2.00 bits per heavy atom. The Labute approximate surface area is 96.7 Å². The van der Waals surface area contributed by atoms with Gasteiger partial charge in [-0.1, -0.05) is 12.8 Å². The summed E-state index contributed by atoms with van der Waals surface area (Å²) in [4.78, 5) is 22.6. The van der Waals surface area contributed by atoms with Gasteiger partial charge >= 0.3 is 5.97 Å². The molecule has 1 fully saturated rings. The van der Waals surface area contributed by atoms with Gasteiger partial charge in [0, 0.05) is 12.0 Å². The summed E-state index contributed by atoms with van der Waals surface area (Å²) in [6.07, 6.45) is 4.16. The quantitative estimate of drug-likeness (QED) is 0.719. The van der Waals surface area contributed by atoms with Crippen LogP contribution < -0.4 is 5.32 Å². The van der Waals surface area contributed by atoms with Crippen LogP contribution in [0.5, 0.6) is 0 Å². The molecule has 0 spiro atoms. The summed E-state index contributed by atoms with van der Waals surface area (Å²) in [5.74, 6) is 0.0552. The maximum Gasteiger partial charge on any atom is 0.319 e. The van der Waals surface area contributed by atoms with E-state index in [1.165, 1.54) is 0 Å². The predicted molar refractivity (Wildman–Crippen MR) is 61.1 cm³/mol. The van der Waals surface area contributed by atoms with Crippen LogP contribution in [0.2, 0.25) is 0 Å². The molecule has 4 heteroatoms. The lowest BCUT2D eigenvalue weighted by molar-refractivity contribution is -0.142. The average Bonchev–Trinajstić information content (AvgIpc) is 2.27. The maximum atomic E-state index is 11.4. The Hall–Kier alpha value is -0.900. The van der Waals surface area contributed by atoms with E-state index in [0.29, 0.717) is 6.61 Å². The largest absolute Gasteiger partial charge is 0.465 e. The third kappa shape index (κ3) is 3.93. The third-order valence-electron chi connectivity index (χ3n) is 3.10. The second-order valence-electron chi connectivity index (χ2n) is 4.29. The van der Waals surface area contributed by atoms with Crippen molar-refractivity contribution in [2.24, 2.45) is 5.92 Å². The molecular formula is C12H21NO3. The molecule has 0 bridgehead atoms. The Morgan fingerprint density at radius 3 is 2.62 bits per heavy atom. The molecule has 0 aromatic heterocycles. The van der Waals surface area contributed by atoms with Gasteiger partial charge in [0.2, 0.25) is 0 Å². The molecular weight excluding hydrogens is 206 g/mol. The number of esters is 1. The van der Waals surface area contributed by atoms with E-state index in [0.717, 1.165) is 25.7 Å². The van der Waals surface area contributed by atoms with Crippen LogP contribution in [0.1, 0.15) is 39.5 Å². The highest BCUT2D eigenvalue weighted by Crippen LogP contribution is 2.24.